The molecule has 2 N–H and O–H groups in total. The predicted molar refractivity (Wildman–Crippen MR) is 86.9 cm³/mol. The number of rotatable bonds is 5. The lowest BCUT2D eigenvalue weighted by Crippen LogP contribution is -2.11. The van der Waals surface area contributed by atoms with Gasteiger partial charge in [-0.05, 0) is 19.4 Å². The number of hydrogen-bond acceptors (Lipinski definition) is 5. The maximum Gasteiger partial charge on any atom is 0.137 e. The van der Waals surface area contributed by atoms with Crippen molar-refractivity contribution in [2.75, 3.05) is 37.4 Å². The molecule has 4 nitrogen and oxygen atoms in total. The molecule has 0 fully saturated rings. The van der Waals surface area contributed by atoms with Gasteiger partial charge in [-0.1, -0.05) is 12.2 Å². The molecule has 0 aromatic carbocycles. The van der Waals surface area contributed by atoms with E-state index in [1.54, 1.807) is 18.4 Å². The summed E-state index contributed by atoms with van der Waals surface area (Å²) >= 11 is 1.74. The van der Waals surface area contributed by atoms with E-state index in [0.29, 0.717) is 0 Å². The molecule has 2 aromatic rings. The van der Waals surface area contributed by atoms with Crippen LogP contribution in [0.5, 0.6) is 0 Å². The molecule has 1 aliphatic heterocycles. The Hall–Kier alpha value is -1.59. The van der Waals surface area contributed by atoms with Crippen molar-refractivity contribution < 1.29 is 4.74 Å². The maximum absolute atomic E-state index is 5.08. The van der Waals surface area contributed by atoms with Crippen molar-refractivity contribution in [2.45, 2.75) is 13.3 Å². The van der Waals surface area contributed by atoms with Gasteiger partial charge < -0.3 is 15.4 Å². The molecule has 5 heteroatoms. The molecule has 0 aliphatic carbocycles. The Morgan fingerprint density at radius 3 is 3.25 bits per heavy atom. The van der Waals surface area contributed by atoms with E-state index < -0.39 is 0 Å². The highest BCUT2D eigenvalue weighted by Crippen LogP contribution is 2.37. The zero-order valence-corrected chi connectivity index (χ0v) is 12.6. The normalized spacial score (nSPS) is 13.3. The van der Waals surface area contributed by atoms with Gasteiger partial charge >= 0.3 is 0 Å². The largest absolute Gasteiger partial charge is 0.385 e. The Bertz CT molecular complexity index is 648. The molecule has 0 bridgehead atoms. The van der Waals surface area contributed by atoms with Gasteiger partial charge in [-0.2, -0.15) is 0 Å². The van der Waals surface area contributed by atoms with Gasteiger partial charge in [0.25, 0.3) is 0 Å². The first kappa shape index (κ1) is 13.4. The van der Waals surface area contributed by atoms with Crippen LogP contribution < -0.4 is 10.6 Å². The highest BCUT2D eigenvalue weighted by atomic mass is 32.1. The van der Waals surface area contributed by atoms with Gasteiger partial charge in [0.05, 0.1) is 5.69 Å². The predicted octanol–water partition coefficient (Wildman–Crippen LogP) is 3.49. The molecule has 0 unspecified atom stereocenters. The fourth-order valence-electron chi connectivity index (χ4n) is 2.44. The van der Waals surface area contributed by atoms with Crippen LogP contribution in [0, 0.1) is 6.92 Å². The number of aromatic nitrogens is 1. The fraction of sp³-hybridized carbons (Fsp3) is 0.400. The molecular formula is C15H19N3OS. The fourth-order valence-corrected chi connectivity index (χ4v) is 3.33. The van der Waals surface area contributed by atoms with Crippen molar-refractivity contribution in [2.24, 2.45) is 0 Å². The molecule has 0 atom stereocenters. The Balaban J connectivity index is 1.96. The first-order chi connectivity index (χ1) is 9.79. The summed E-state index contributed by atoms with van der Waals surface area (Å²) in [6, 6.07) is 2.21. The second-order valence-corrected chi connectivity index (χ2v) is 6.12. The number of nitrogens with one attached hydrogen (secondary N) is 2. The van der Waals surface area contributed by atoms with Gasteiger partial charge in [0, 0.05) is 42.6 Å². The van der Waals surface area contributed by atoms with Gasteiger partial charge in [0.1, 0.15) is 10.6 Å². The molecule has 20 heavy (non-hydrogen) atoms. The number of methoxy groups -OCH3 is 1. The van der Waals surface area contributed by atoms with Crippen molar-refractivity contribution in [1.82, 2.24) is 4.98 Å². The third-order valence-electron chi connectivity index (χ3n) is 3.34. The summed E-state index contributed by atoms with van der Waals surface area (Å²) in [4.78, 5) is 7.17. The summed E-state index contributed by atoms with van der Waals surface area (Å²) in [6.07, 6.45) is 5.27. The topological polar surface area (TPSA) is 46.2 Å². The zero-order valence-electron chi connectivity index (χ0n) is 11.8. The Kier molecular flexibility index (Phi) is 3.89. The van der Waals surface area contributed by atoms with Crippen molar-refractivity contribution in [3.8, 4) is 0 Å². The van der Waals surface area contributed by atoms with Crippen molar-refractivity contribution >= 4 is 39.1 Å². The number of nitrogens with zero attached hydrogens (tertiary/aromatic N) is 1. The summed E-state index contributed by atoms with van der Waals surface area (Å²) in [5.74, 6) is 0.967. The van der Waals surface area contributed by atoms with Gasteiger partial charge in [-0.15, -0.1) is 11.3 Å². The molecule has 106 valence electrons. The van der Waals surface area contributed by atoms with Crippen LogP contribution in [-0.4, -0.2) is 31.8 Å². The van der Waals surface area contributed by atoms with E-state index in [1.807, 2.05) is 0 Å². The summed E-state index contributed by atoms with van der Waals surface area (Å²) < 4.78 is 5.08. The SMILES string of the molecule is COCCCNc1nc2sc(C)cc2c2c1C=CCN2. The van der Waals surface area contributed by atoms with Crippen LogP contribution in [0.2, 0.25) is 0 Å². The Morgan fingerprint density at radius 1 is 1.50 bits per heavy atom. The zero-order chi connectivity index (χ0) is 13.9. The van der Waals surface area contributed by atoms with E-state index in [1.165, 1.54) is 21.5 Å². The highest BCUT2D eigenvalue weighted by molar-refractivity contribution is 7.18. The van der Waals surface area contributed by atoms with Crippen LogP contribution in [0.4, 0.5) is 11.5 Å². The average Bonchev–Trinajstić information content (AvgIpc) is 2.84. The lowest BCUT2D eigenvalue weighted by Gasteiger charge is -2.18. The lowest BCUT2D eigenvalue weighted by atomic mass is 10.1. The minimum absolute atomic E-state index is 0.767. The second-order valence-electron chi connectivity index (χ2n) is 4.88. The molecule has 0 radical (unpaired) electrons. The first-order valence-corrected chi connectivity index (χ1v) is 7.68. The van der Waals surface area contributed by atoms with Gasteiger partial charge in [0.2, 0.25) is 0 Å². The van der Waals surface area contributed by atoms with Crippen molar-refractivity contribution in [1.29, 1.82) is 0 Å². The lowest BCUT2D eigenvalue weighted by molar-refractivity contribution is 0.198. The maximum atomic E-state index is 5.08. The van der Waals surface area contributed by atoms with Crippen LogP contribution in [0.15, 0.2) is 12.1 Å². The Morgan fingerprint density at radius 2 is 2.40 bits per heavy atom. The third-order valence-corrected chi connectivity index (χ3v) is 4.29. The number of ether oxygens (including phenoxy) is 1. The standard InChI is InChI=1S/C15H19N3OS/c1-10-9-12-13-11(5-3-6-16-13)14(18-15(12)20-10)17-7-4-8-19-2/h3,5,9,16H,4,6-8H2,1-2H3,(H,17,18). The van der Waals surface area contributed by atoms with Gasteiger partial charge in [-0.3, -0.25) is 0 Å². The molecule has 0 saturated carbocycles. The van der Waals surface area contributed by atoms with Crippen LogP contribution >= 0.6 is 11.3 Å². The van der Waals surface area contributed by atoms with E-state index in [9.17, 15) is 0 Å². The quantitative estimate of drug-likeness (QED) is 0.827. The van der Waals surface area contributed by atoms with Crippen molar-refractivity contribution in [3.05, 3.63) is 22.6 Å². The summed E-state index contributed by atoms with van der Waals surface area (Å²) in [5, 5.41) is 8.14. The summed E-state index contributed by atoms with van der Waals surface area (Å²) in [6.45, 7) is 4.65. The number of pyridine rings is 1. The number of thiophene rings is 1. The number of hydrogen-bond donors (Lipinski definition) is 2. The molecule has 0 saturated heterocycles. The van der Waals surface area contributed by atoms with Crippen LogP contribution in [0.3, 0.4) is 0 Å². The summed E-state index contributed by atoms with van der Waals surface area (Å²) in [7, 11) is 1.73. The van der Waals surface area contributed by atoms with E-state index in [4.69, 9.17) is 9.72 Å². The molecule has 0 spiro atoms. The molecule has 3 heterocycles. The van der Waals surface area contributed by atoms with E-state index in [2.05, 4.69) is 35.8 Å². The van der Waals surface area contributed by atoms with Gasteiger partial charge in [0.15, 0.2) is 0 Å². The Labute approximate surface area is 122 Å². The second kappa shape index (κ2) is 5.81. The van der Waals surface area contributed by atoms with Crippen LogP contribution in [-0.2, 0) is 4.74 Å². The molecular weight excluding hydrogens is 270 g/mol. The third kappa shape index (κ3) is 2.51. The van der Waals surface area contributed by atoms with Crippen LogP contribution in [0.1, 0.15) is 16.9 Å². The molecule has 2 aromatic heterocycles. The van der Waals surface area contributed by atoms with Crippen LogP contribution in [0.25, 0.3) is 16.3 Å². The summed E-state index contributed by atoms with van der Waals surface area (Å²) in [5.41, 5.74) is 2.37. The number of aryl methyl sites for hydroxylation is 1. The number of fused-ring (bicyclic) bond motifs is 3. The van der Waals surface area contributed by atoms with E-state index in [-0.39, 0.29) is 0 Å². The average molecular weight is 289 g/mol. The van der Waals surface area contributed by atoms with Crippen molar-refractivity contribution in [3.63, 3.8) is 0 Å². The minimum Gasteiger partial charge on any atom is -0.385 e. The molecule has 3 rings (SSSR count). The first-order valence-electron chi connectivity index (χ1n) is 6.87. The van der Waals surface area contributed by atoms with Gasteiger partial charge in [-0.25, -0.2) is 4.98 Å². The molecule has 0 amide bonds. The number of anilines is 2. The molecule has 1 aliphatic rings. The monoisotopic (exact) mass is 289 g/mol. The highest BCUT2D eigenvalue weighted by Gasteiger charge is 2.16. The van der Waals surface area contributed by atoms with E-state index >= 15 is 0 Å². The van der Waals surface area contributed by atoms with E-state index in [0.717, 1.165) is 36.8 Å². The smallest absolute Gasteiger partial charge is 0.137 e. The minimum atomic E-state index is 0.767.